The average Bonchev–Trinajstić information content (AvgIpc) is 2.61. The summed E-state index contributed by atoms with van der Waals surface area (Å²) in [5.41, 5.74) is 0.918. The summed E-state index contributed by atoms with van der Waals surface area (Å²) in [6.07, 6.45) is 0. The topological polar surface area (TPSA) is 71.8 Å². The molecule has 1 aromatic heterocycles. The number of hydrogen-bond acceptors (Lipinski definition) is 3. The first kappa shape index (κ1) is 10.3. The highest BCUT2D eigenvalue weighted by Crippen LogP contribution is 2.22. The minimum atomic E-state index is -0.532. The van der Waals surface area contributed by atoms with Gasteiger partial charge in [0, 0.05) is 5.56 Å². The molecule has 0 saturated carbocycles. The molecule has 6 heteroatoms. The fraction of sp³-hybridized carbons (Fsp3) is 0.100. The highest BCUT2D eigenvalue weighted by Gasteiger charge is 2.17. The molecule has 2 rings (SSSR count). The van der Waals surface area contributed by atoms with Gasteiger partial charge >= 0.3 is 5.82 Å². The van der Waals surface area contributed by atoms with Crippen LogP contribution < -0.4 is 0 Å². The van der Waals surface area contributed by atoms with E-state index >= 15 is 0 Å². The number of nitro groups is 1. The molecule has 1 heterocycles. The number of nitrogens with zero attached hydrogens (tertiary/aromatic N) is 2. The van der Waals surface area contributed by atoms with Gasteiger partial charge in [-0.3, -0.25) is 0 Å². The van der Waals surface area contributed by atoms with Crippen molar-refractivity contribution in [1.29, 1.82) is 0 Å². The third kappa shape index (κ3) is 1.77. The summed E-state index contributed by atoms with van der Waals surface area (Å²) in [4.78, 5) is 16.7. The Morgan fingerprint density at radius 1 is 1.38 bits per heavy atom. The van der Waals surface area contributed by atoms with Gasteiger partial charge in [-0.25, -0.2) is 14.4 Å². The lowest BCUT2D eigenvalue weighted by molar-refractivity contribution is -0.389. The molecule has 0 fully saturated rings. The molecule has 2 aromatic rings. The molecule has 0 aliphatic carbocycles. The van der Waals surface area contributed by atoms with Crippen molar-refractivity contribution in [1.82, 2.24) is 9.97 Å². The van der Waals surface area contributed by atoms with Crippen molar-refractivity contribution in [2.45, 2.75) is 6.92 Å². The van der Waals surface area contributed by atoms with Crippen LogP contribution in [-0.2, 0) is 0 Å². The van der Waals surface area contributed by atoms with Crippen LogP contribution in [0.25, 0.3) is 11.4 Å². The second-order valence-electron chi connectivity index (χ2n) is 3.28. The van der Waals surface area contributed by atoms with E-state index in [0.29, 0.717) is 17.1 Å². The lowest BCUT2D eigenvalue weighted by atomic mass is 10.2. The van der Waals surface area contributed by atoms with E-state index in [2.05, 4.69) is 9.97 Å². The number of aromatic nitrogens is 2. The molecule has 5 nitrogen and oxygen atoms in total. The zero-order chi connectivity index (χ0) is 11.7. The van der Waals surface area contributed by atoms with Gasteiger partial charge in [-0.1, -0.05) is 0 Å². The number of aromatic amines is 1. The Hall–Kier alpha value is -2.24. The number of benzene rings is 1. The summed E-state index contributed by atoms with van der Waals surface area (Å²) >= 11 is 0. The van der Waals surface area contributed by atoms with Crippen molar-refractivity contribution in [2.75, 3.05) is 0 Å². The van der Waals surface area contributed by atoms with Gasteiger partial charge in [0.1, 0.15) is 11.5 Å². The van der Waals surface area contributed by atoms with Gasteiger partial charge in [0.25, 0.3) is 0 Å². The first-order valence-electron chi connectivity index (χ1n) is 4.55. The maximum absolute atomic E-state index is 12.7. The zero-order valence-corrected chi connectivity index (χ0v) is 8.40. The SMILES string of the molecule is Cc1nc(-c2ccc(F)cc2)[nH]c1[N+](=O)[O-]. The molecule has 0 aliphatic rings. The number of halogens is 1. The predicted octanol–water partition coefficient (Wildman–Crippen LogP) is 2.43. The van der Waals surface area contributed by atoms with Crippen molar-refractivity contribution < 1.29 is 9.31 Å². The van der Waals surface area contributed by atoms with Crippen LogP contribution in [0.1, 0.15) is 5.69 Å². The van der Waals surface area contributed by atoms with Crippen molar-refractivity contribution in [2.24, 2.45) is 0 Å². The molecule has 0 bridgehead atoms. The molecule has 16 heavy (non-hydrogen) atoms. The Balaban J connectivity index is 2.45. The summed E-state index contributed by atoms with van der Waals surface area (Å²) in [7, 11) is 0. The van der Waals surface area contributed by atoms with Crippen LogP contribution in [0, 0.1) is 22.9 Å². The average molecular weight is 221 g/mol. The van der Waals surface area contributed by atoms with E-state index in [0.717, 1.165) is 0 Å². The summed E-state index contributed by atoms with van der Waals surface area (Å²) < 4.78 is 12.7. The Morgan fingerprint density at radius 2 is 2.00 bits per heavy atom. The fourth-order valence-corrected chi connectivity index (χ4v) is 1.37. The third-order valence-corrected chi connectivity index (χ3v) is 2.16. The van der Waals surface area contributed by atoms with Gasteiger partial charge in [0.2, 0.25) is 5.82 Å². The molecule has 1 aromatic carbocycles. The van der Waals surface area contributed by atoms with E-state index in [1.54, 1.807) is 6.92 Å². The zero-order valence-electron chi connectivity index (χ0n) is 8.40. The molecular formula is C10H8FN3O2. The van der Waals surface area contributed by atoms with Crippen molar-refractivity contribution >= 4 is 5.82 Å². The maximum atomic E-state index is 12.7. The highest BCUT2D eigenvalue weighted by molar-refractivity contribution is 5.57. The van der Waals surface area contributed by atoms with Crippen molar-refractivity contribution in [3.63, 3.8) is 0 Å². The Morgan fingerprint density at radius 3 is 2.50 bits per heavy atom. The smallest absolute Gasteiger partial charge is 0.343 e. The number of imidazole rings is 1. The quantitative estimate of drug-likeness (QED) is 0.625. The first-order chi connectivity index (χ1) is 7.58. The fourth-order valence-electron chi connectivity index (χ4n) is 1.37. The number of aryl methyl sites for hydroxylation is 1. The lowest BCUT2D eigenvalue weighted by Crippen LogP contribution is -1.89. The van der Waals surface area contributed by atoms with Crippen molar-refractivity contribution in [3.05, 3.63) is 45.9 Å². The molecule has 1 N–H and O–H groups in total. The molecule has 0 unspecified atom stereocenters. The second-order valence-corrected chi connectivity index (χ2v) is 3.28. The van der Waals surface area contributed by atoms with Crippen molar-refractivity contribution in [3.8, 4) is 11.4 Å². The largest absolute Gasteiger partial charge is 0.358 e. The predicted molar refractivity (Wildman–Crippen MR) is 55.4 cm³/mol. The molecule has 0 saturated heterocycles. The molecule has 0 aliphatic heterocycles. The van der Waals surface area contributed by atoms with Crippen LogP contribution in [-0.4, -0.2) is 14.9 Å². The molecule has 0 amide bonds. The van der Waals surface area contributed by atoms with Gasteiger partial charge in [-0.15, -0.1) is 0 Å². The molecule has 82 valence electrons. The molecule has 0 spiro atoms. The van der Waals surface area contributed by atoms with Crippen LogP contribution in [0.15, 0.2) is 24.3 Å². The minimum Gasteiger partial charge on any atom is -0.358 e. The van der Waals surface area contributed by atoms with Gasteiger partial charge in [-0.2, -0.15) is 0 Å². The molecule has 0 radical (unpaired) electrons. The van der Waals surface area contributed by atoms with Crippen LogP contribution in [0.3, 0.4) is 0 Å². The minimum absolute atomic E-state index is 0.140. The van der Waals surface area contributed by atoms with Crippen LogP contribution in [0.4, 0.5) is 10.2 Å². The van der Waals surface area contributed by atoms with E-state index in [1.165, 1.54) is 24.3 Å². The van der Waals surface area contributed by atoms with E-state index in [1.807, 2.05) is 0 Å². The van der Waals surface area contributed by atoms with Crippen LogP contribution >= 0.6 is 0 Å². The summed E-state index contributed by atoms with van der Waals surface area (Å²) in [6, 6.07) is 5.58. The monoisotopic (exact) mass is 221 g/mol. The molecule has 0 atom stereocenters. The van der Waals surface area contributed by atoms with Gasteiger partial charge in [0.15, 0.2) is 0 Å². The summed E-state index contributed by atoms with van der Waals surface area (Å²) in [6.45, 7) is 1.54. The number of nitrogens with one attached hydrogen (secondary N) is 1. The normalized spacial score (nSPS) is 10.4. The van der Waals surface area contributed by atoms with Gasteiger partial charge in [0.05, 0.1) is 0 Å². The van der Waals surface area contributed by atoms with E-state index in [9.17, 15) is 14.5 Å². The maximum Gasteiger partial charge on any atom is 0.343 e. The van der Waals surface area contributed by atoms with Crippen LogP contribution in [0.5, 0.6) is 0 Å². The first-order valence-corrected chi connectivity index (χ1v) is 4.55. The Kier molecular flexibility index (Phi) is 2.40. The van der Waals surface area contributed by atoms with E-state index in [4.69, 9.17) is 0 Å². The summed E-state index contributed by atoms with van der Waals surface area (Å²) in [5, 5.41) is 10.6. The Labute approximate surface area is 90.1 Å². The Bertz CT molecular complexity index is 533. The second kappa shape index (κ2) is 3.73. The van der Waals surface area contributed by atoms with Gasteiger partial charge < -0.3 is 10.1 Å². The van der Waals surface area contributed by atoms with Crippen LogP contribution in [0.2, 0.25) is 0 Å². The molecular weight excluding hydrogens is 213 g/mol. The highest BCUT2D eigenvalue weighted by atomic mass is 19.1. The van der Waals surface area contributed by atoms with Gasteiger partial charge in [-0.05, 0) is 36.1 Å². The lowest BCUT2D eigenvalue weighted by Gasteiger charge is -1.92. The standard InChI is InChI=1S/C10H8FN3O2/c1-6-10(14(15)16)13-9(12-6)7-2-4-8(11)5-3-7/h2-5H,1H3,(H,12,13). The summed E-state index contributed by atoms with van der Waals surface area (Å²) in [5.74, 6) is -0.134. The number of rotatable bonds is 2. The number of hydrogen-bond donors (Lipinski definition) is 1. The number of H-pyrrole nitrogens is 1. The van der Waals surface area contributed by atoms with E-state index < -0.39 is 4.92 Å². The third-order valence-electron chi connectivity index (χ3n) is 2.16. The van der Waals surface area contributed by atoms with E-state index in [-0.39, 0.29) is 11.6 Å².